The monoisotopic (exact) mass is 732 g/mol. The molecule has 0 aromatic carbocycles. The Balaban J connectivity index is 4.04. The highest BCUT2D eigenvalue weighted by molar-refractivity contribution is 5.80. The van der Waals surface area contributed by atoms with Gasteiger partial charge in [-0.15, -0.1) is 0 Å². The lowest BCUT2D eigenvalue weighted by Crippen LogP contribution is -2.28. The number of amides is 1. The predicted molar refractivity (Wildman–Crippen MR) is 222 cm³/mol. The molecule has 0 radical (unpaired) electrons. The van der Waals surface area contributed by atoms with Gasteiger partial charge in [-0.25, -0.2) is 0 Å². The van der Waals surface area contributed by atoms with Crippen molar-refractivity contribution in [2.75, 3.05) is 6.54 Å². The number of unbranched alkanes of at least 4 members (excludes halogenated alkanes) is 28. The van der Waals surface area contributed by atoms with E-state index in [1.165, 1.54) is 141 Å². The summed E-state index contributed by atoms with van der Waals surface area (Å²) in [6.45, 7) is 4.22. The average Bonchev–Trinajstić information content (AvgIpc) is 3.13. The van der Waals surface area contributed by atoms with Gasteiger partial charge in [-0.1, -0.05) is 199 Å². The first kappa shape index (κ1) is 49.9. The Morgan fingerprint density at radius 1 is 0.519 bits per heavy atom. The molecule has 2 N–H and O–H groups in total. The summed E-state index contributed by atoms with van der Waals surface area (Å²) in [5.74, 6) is -1.28. The fourth-order valence-corrected chi connectivity index (χ4v) is 6.76. The minimum atomic E-state index is -1.02. The SMILES string of the molecule is CCCCCC/C=C\C/C=C\C(CCCCCCCCC(=O)NCC(=O)O)OC(=O)CCCCCCCCCCCCCCCCCCCCCC. The number of carbonyl (C=O) groups excluding carboxylic acids is 2. The predicted octanol–water partition coefficient (Wildman–Crippen LogP) is 13.9. The molecule has 0 saturated carbocycles. The molecule has 0 aliphatic carbocycles. The minimum Gasteiger partial charge on any atom is -0.480 e. The molecule has 0 aliphatic heterocycles. The van der Waals surface area contributed by atoms with Crippen LogP contribution >= 0.6 is 0 Å². The summed E-state index contributed by atoms with van der Waals surface area (Å²) >= 11 is 0. The molecule has 1 atom stereocenters. The van der Waals surface area contributed by atoms with E-state index < -0.39 is 5.97 Å². The number of esters is 1. The molecule has 0 fully saturated rings. The van der Waals surface area contributed by atoms with Crippen LogP contribution in [-0.4, -0.2) is 35.6 Å². The van der Waals surface area contributed by atoms with Crippen LogP contribution in [0.2, 0.25) is 0 Å². The normalized spacial score (nSPS) is 12.2. The van der Waals surface area contributed by atoms with Crippen molar-refractivity contribution in [1.29, 1.82) is 0 Å². The summed E-state index contributed by atoms with van der Waals surface area (Å²) in [6, 6.07) is 0. The Bertz CT molecular complexity index is 854. The van der Waals surface area contributed by atoms with Crippen molar-refractivity contribution in [3.63, 3.8) is 0 Å². The molecule has 1 amide bonds. The number of carboxylic acid groups (broad SMARTS) is 1. The lowest BCUT2D eigenvalue weighted by molar-refractivity contribution is -0.147. The van der Waals surface area contributed by atoms with Gasteiger partial charge in [0, 0.05) is 12.8 Å². The quantitative estimate of drug-likeness (QED) is 0.0371. The smallest absolute Gasteiger partial charge is 0.322 e. The third-order valence-corrected chi connectivity index (χ3v) is 10.1. The Morgan fingerprint density at radius 3 is 1.42 bits per heavy atom. The molecular weight excluding hydrogens is 647 g/mol. The van der Waals surface area contributed by atoms with Gasteiger partial charge in [0.1, 0.15) is 12.6 Å². The van der Waals surface area contributed by atoms with Gasteiger partial charge in [0.25, 0.3) is 0 Å². The second kappa shape index (κ2) is 41.6. The molecule has 0 rings (SSSR count). The van der Waals surface area contributed by atoms with Gasteiger partial charge in [-0.05, 0) is 51.0 Å². The second-order valence-corrected chi connectivity index (χ2v) is 15.3. The van der Waals surface area contributed by atoms with Crippen molar-refractivity contribution in [2.45, 2.75) is 245 Å². The Morgan fingerprint density at radius 2 is 0.942 bits per heavy atom. The van der Waals surface area contributed by atoms with Crippen LogP contribution in [0.1, 0.15) is 239 Å². The Hall–Kier alpha value is -2.11. The number of allylic oxidation sites excluding steroid dienone is 3. The van der Waals surface area contributed by atoms with Gasteiger partial charge < -0.3 is 15.2 Å². The minimum absolute atomic E-state index is 0.0651. The Kier molecular flexibility index (Phi) is 40.0. The summed E-state index contributed by atoms with van der Waals surface area (Å²) in [5, 5.41) is 11.1. The maximum Gasteiger partial charge on any atom is 0.322 e. The van der Waals surface area contributed by atoms with Crippen LogP contribution in [0.3, 0.4) is 0 Å². The average molecular weight is 732 g/mol. The van der Waals surface area contributed by atoms with Gasteiger partial charge >= 0.3 is 11.9 Å². The van der Waals surface area contributed by atoms with E-state index in [0.717, 1.165) is 70.6 Å². The van der Waals surface area contributed by atoms with Crippen LogP contribution in [0.5, 0.6) is 0 Å². The van der Waals surface area contributed by atoms with Crippen LogP contribution < -0.4 is 5.32 Å². The fourth-order valence-electron chi connectivity index (χ4n) is 6.76. The Labute approximate surface area is 322 Å². The third-order valence-electron chi connectivity index (χ3n) is 10.1. The molecule has 0 aliphatic rings. The molecule has 6 heteroatoms. The first-order valence-electron chi connectivity index (χ1n) is 22.5. The van der Waals surface area contributed by atoms with Crippen LogP contribution in [0.15, 0.2) is 24.3 Å². The molecule has 6 nitrogen and oxygen atoms in total. The van der Waals surface area contributed by atoms with Crippen molar-refractivity contribution in [3.05, 3.63) is 24.3 Å². The van der Waals surface area contributed by atoms with Crippen molar-refractivity contribution >= 4 is 17.8 Å². The first-order valence-corrected chi connectivity index (χ1v) is 22.5. The van der Waals surface area contributed by atoms with E-state index in [0.29, 0.717) is 12.8 Å². The van der Waals surface area contributed by atoms with E-state index in [1.54, 1.807) is 0 Å². The van der Waals surface area contributed by atoms with E-state index in [4.69, 9.17) is 9.84 Å². The summed E-state index contributed by atoms with van der Waals surface area (Å²) in [4.78, 5) is 34.9. The number of ether oxygens (including phenoxy) is 1. The van der Waals surface area contributed by atoms with E-state index >= 15 is 0 Å². The van der Waals surface area contributed by atoms with E-state index in [9.17, 15) is 14.4 Å². The highest BCUT2D eigenvalue weighted by Crippen LogP contribution is 2.17. The summed E-state index contributed by atoms with van der Waals surface area (Å²) in [7, 11) is 0. The molecule has 0 bridgehead atoms. The number of rotatable bonds is 41. The largest absolute Gasteiger partial charge is 0.480 e. The first-order chi connectivity index (χ1) is 25.5. The van der Waals surface area contributed by atoms with Gasteiger partial charge in [-0.2, -0.15) is 0 Å². The molecule has 304 valence electrons. The van der Waals surface area contributed by atoms with Gasteiger partial charge in [0.15, 0.2) is 0 Å². The van der Waals surface area contributed by atoms with Crippen molar-refractivity contribution in [1.82, 2.24) is 5.32 Å². The van der Waals surface area contributed by atoms with Crippen LogP contribution in [-0.2, 0) is 19.1 Å². The van der Waals surface area contributed by atoms with Crippen molar-refractivity contribution in [2.24, 2.45) is 0 Å². The third kappa shape index (κ3) is 40.7. The standard InChI is InChI=1S/C46H85NO5/c1-3-5-7-9-11-13-14-15-16-17-18-19-20-21-22-23-25-27-33-37-41-46(51)52-43(38-34-30-26-24-12-10-8-6-4-2)39-35-31-28-29-32-36-40-44(48)47-42-45(49)50/h24,26,34,38,43H,3-23,25,27-33,35-37,39-42H2,1-2H3,(H,47,48)(H,49,50)/b26-24-,38-34-. The van der Waals surface area contributed by atoms with Crippen molar-refractivity contribution in [3.8, 4) is 0 Å². The number of hydrogen-bond acceptors (Lipinski definition) is 4. The molecule has 52 heavy (non-hydrogen) atoms. The maximum absolute atomic E-state index is 12.7. The summed E-state index contributed by atoms with van der Waals surface area (Å²) < 4.78 is 5.94. The number of hydrogen-bond donors (Lipinski definition) is 2. The number of carbonyl (C=O) groups is 3. The molecule has 0 aromatic rings. The van der Waals surface area contributed by atoms with E-state index in [-0.39, 0.29) is 24.5 Å². The van der Waals surface area contributed by atoms with Crippen LogP contribution in [0.25, 0.3) is 0 Å². The zero-order valence-corrected chi connectivity index (χ0v) is 34.4. The second-order valence-electron chi connectivity index (χ2n) is 15.3. The van der Waals surface area contributed by atoms with E-state index in [2.05, 4.69) is 43.5 Å². The summed E-state index contributed by atoms with van der Waals surface area (Å²) in [6.07, 6.45) is 50.5. The zero-order valence-electron chi connectivity index (χ0n) is 34.4. The highest BCUT2D eigenvalue weighted by Gasteiger charge is 2.11. The van der Waals surface area contributed by atoms with Crippen molar-refractivity contribution < 1.29 is 24.2 Å². The van der Waals surface area contributed by atoms with Gasteiger partial charge in [0.05, 0.1) is 0 Å². The summed E-state index contributed by atoms with van der Waals surface area (Å²) in [5.41, 5.74) is 0. The molecule has 0 heterocycles. The number of carboxylic acids is 1. The molecule has 0 spiro atoms. The lowest BCUT2D eigenvalue weighted by atomic mass is 10.0. The molecular formula is C46H85NO5. The number of nitrogens with one attached hydrogen (secondary N) is 1. The number of aliphatic carboxylic acids is 1. The molecule has 1 unspecified atom stereocenters. The van der Waals surface area contributed by atoms with Crippen LogP contribution in [0.4, 0.5) is 0 Å². The van der Waals surface area contributed by atoms with Gasteiger partial charge in [-0.3, -0.25) is 14.4 Å². The molecule has 0 saturated heterocycles. The van der Waals surface area contributed by atoms with E-state index in [1.807, 2.05) is 0 Å². The lowest BCUT2D eigenvalue weighted by Gasteiger charge is -2.14. The zero-order chi connectivity index (χ0) is 38.0. The fraction of sp³-hybridized carbons (Fsp3) is 0.848. The molecule has 0 aromatic heterocycles. The van der Waals surface area contributed by atoms with Gasteiger partial charge in [0.2, 0.25) is 5.91 Å². The topological polar surface area (TPSA) is 92.7 Å². The van der Waals surface area contributed by atoms with Crippen LogP contribution in [0, 0.1) is 0 Å². The highest BCUT2D eigenvalue weighted by atomic mass is 16.5. The maximum atomic E-state index is 12.7.